The molecular weight excluding hydrogens is 495 g/mol. The molecule has 164 valence electrons. The van der Waals surface area contributed by atoms with Crippen LogP contribution in [0.5, 0.6) is 0 Å². The number of carbonyl (C=O) groups is 1. The van der Waals surface area contributed by atoms with Gasteiger partial charge in [-0.25, -0.2) is 10.2 Å². The summed E-state index contributed by atoms with van der Waals surface area (Å²) < 4.78 is 3.25. The predicted molar refractivity (Wildman–Crippen MR) is 129 cm³/mol. The van der Waals surface area contributed by atoms with Gasteiger partial charge in [0.2, 0.25) is 5.90 Å². The summed E-state index contributed by atoms with van der Waals surface area (Å²) in [6.45, 7) is 6.49. The fourth-order valence-corrected chi connectivity index (χ4v) is 6.65. The number of nitrogens with zero attached hydrogens (tertiary/aromatic N) is 1. The minimum absolute atomic E-state index is 0.121. The van der Waals surface area contributed by atoms with Crippen molar-refractivity contribution in [2.24, 2.45) is 5.10 Å². The first-order valence-electron chi connectivity index (χ1n) is 10.7. The van der Waals surface area contributed by atoms with Crippen LogP contribution < -0.4 is 5.43 Å². The van der Waals surface area contributed by atoms with E-state index in [0.29, 0.717) is 11.1 Å². The van der Waals surface area contributed by atoms with Crippen molar-refractivity contribution in [3.05, 3.63) is 71.3 Å². The molecule has 0 atom stereocenters. The van der Waals surface area contributed by atoms with Gasteiger partial charge in [-0.1, -0.05) is 48.0 Å². The number of aryl methyl sites for hydroxylation is 1. The van der Waals surface area contributed by atoms with E-state index in [1.165, 1.54) is 25.7 Å². The molecule has 2 radical (unpaired) electrons. The Kier molecular flexibility index (Phi) is 14.1. The van der Waals surface area contributed by atoms with Crippen LogP contribution in [0.25, 0.3) is 5.57 Å². The van der Waals surface area contributed by atoms with Crippen LogP contribution in [0.2, 0.25) is 8.87 Å². The molecule has 0 saturated carbocycles. The van der Waals surface area contributed by atoms with Crippen molar-refractivity contribution in [3.63, 3.8) is 0 Å². The molecule has 2 rings (SSSR count). The second kappa shape index (κ2) is 16.3. The van der Waals surface area contributed by atoms with Gasteiger partial charge in [0.15, 0.2) is 0 Å². The maximum Gasteiger partial charge on any atom is 0.271 e. The number of hydrogen-bond donors (Lipinski definition) is 2. The molecule has 0 aliphatic heterocycles. The van der Waals surface area contributed by atoms with E-state index in [2.05, 4.69) is 24.4 Å². The van der Waals surface area contributed by atoms with Gasteiger partial charge in [0.1, 0.15) is 11.5 Å². The summed E-state index contributed by atoms with van der Waals surface area (Å²) in [5.41, 5.74) is 3.97. The molecule has 1 amide bonds. The van der Waals surface area contributed by atoms with Gasteiger partial charge in [-0.15, -0.1) is 5.10 Å². The Labute approximate surface area is 195 Å². The average Bonchev–Trinajstić information content (AvgIpc) is 2.79. The summed E-state index contributed by atoms with van der Waals surface area (Å²) in [7, 11) is 0. The van der Waals surface area contributed by atoms with Crippen molar-refractivity contribution in [1.29, 1.82) is 0 Å². The molecule has 0 heterocycles. The van der Waals surface area contributed by atoms with Crippen LogP contribution in [-0.2, 0) is 4.79 Å². The number of nitrogens with one attached hydrogen (secondary N) is 1. The molecular formula is C25H32N2O3Sn. The molecule has 0 aromatic heterocycles. The monoisotopic (exact) mass is 528 g/mol. The number of aliphatic hydroxyl groups excluding tert-OH is 1. The van der Waals surface area contributed by atoms with E-state index in [9.17, 15) is 14.7 Å². The van der Waals surface area contributed by atoms with Gasteiger partial charge in [0, 0.05) is 5.56 Å². The Morgan fingerprint density at radius 1 is 0.968 bits per heavy atom. The average molecular weight is 527 g/mol. The van der Waals surface area contributed by atoms with E-state index in [0.717, 1.165) is 5.56 Å². The van der Waals surface area contributed by atoms with Crippen molar-refractivity contribution >= 4 is 44.5 Å². The van der Waals surface area contributed by atoms with Crippen LogP contribution in [0, 0.1) is 6.92 Å². The number of carbonyl (C=O) groups excluding carboxylic acids is 2. The Hall–Kier alpha value is -2.37. The second-order valence-electron chi connectivity index (χ2n) is 7.04. The van der Waals surface area contributed by atoms with Crippen LogP contribution in [0.4, 0.5) is 0 Å². The SMILES string of the molecule is CCC[CH2][Sn][CH2]CCC.Cc1ccc(C(=O)NN=C(O)C(=C=O)c2ccccc2)cc1. The van der Waals surface area contributed by atoms with Crippen molar-refractivity contribution < 1.29 is 14.7 Å². The van der Waals surface area contributed by atoms with Gasteiger partial charge in [-0.2, -0.15) is 0 Å². The van der Waals surface area contributed by atoms with Crippen LogP contribution >= 0.6 is 0 Å². The number of hydrazone groups is 1. The Bertz CT molecular complexity index is 852. The number of benzene rings is 2. The summed E-state index contributed by atoms with van der Waals surface area (Å²) in [6, 6.07) is 15.3. The Morgan fingerprint density at radius 2 is 1.55 bits per heavy atom. The molecule has 0 fully saturated rings. The third-order valence-electron chi connectivity index (χ3n) is 4.38. The van der Waals surface area contributed by atoms with Gasteiger partial charge in [0.25, 0.3) is 5.91 Å². The quantitative estimate of drug-likeness (QED) is 0.105. The molecule has 2 N–H and O–H groups in total. The zero-order valence-corrected chi connectivity index (χ0v) is 21.5. The number of hydrogen-bond acceptors (Lipinski definition) is 3. The fourth-order valence-electron chi connectivity index (χ4n) is 2.50. The standard InChI is InChI=1S/C17H14N2O3.2C4H9.Sn/c1-12-7-9-14(10-8-12)16(21)18-19-17(22)15(11-20)13-5-3-2-4-6-13;2*1-3-4-2;/h2-10H,1H3,(H,18,21)(H,19,22);2*1,3-4H2,2H3;. The third-order valence-corrected chi connectivity index (χ3v) is 8.42. The topological polar surface area (TPSA) is 78.8 Å². The van der Waals surface area contributed by atoms with Crippen LogP contribution in [0.15, 0.2) is 59.7 Å². The first-order valence-corrected chi connectivity index (χ1v) is 14.7. The maximum atomic E-state index is 11.9. The van der Waals surface area contributed by atoms with Gasteiger partial charge in [0.05, 0.1) is 0 Å². The molecule has 0 spiro atoms. The Balaban J connectivity index is 0.000000452. The summed E-state index contributed by atoms with van der Waals surface area (Å²) >= 11 is 0.149. The molecule has 5 nitrogen and oxygen atoms in total. The first kappa shape index (κ1) is 26.7. The molecule has 6 heteroatoms. The third kappa shape index (κ3) is 11.0. The molecule has 31 heavy (non-hydrogen) atoms. The summed E-state index contributed by atoms with van der Waals surface area (Å²) in [4.78, 5) is 22.9. The van der Waals surface area contributed by atoms with Crippen LogP contribution in [0.1, 0.15) is 61.0 Å². The van der Waals surface area contributed by atoms with E-state index < -0.39 is 11.8 Å². The van der Waals surface area contributed by atoms with E-state index in [4.69, 9.17) is 0 Å². The van der Waals surface area contributed by atoms with Crippen molar-refractivity contribution in [3.8, 4) is 0 Å². The smallest absolute Gasteiger partial charge is 0.271 e. The summed E-state index contributed by atoms with van der Waals surface area (Å²) in [5.74, 6) is 0.546. The number of amides is 1. The minimum Gasteiger partial charge on any atom is -0.491 e. The van der Waals surface area contributed by atoms with Crippen molar-refractivity contribution in [1.82, 2.24) is 5.43 Å². The molecule has 0 unspecified atom stereocenters. The van der Waals surface area contributed by atoms with Crippen LogP contribution in [0.3, 0.4) is 0 Å². The Morgan fingerprint density at radius 3 is 2.06 bits per heavy atom. The van der Waals surface area contributed by atoms with Crippen molar-refractivity contribution in [2.75, 3.05) is 0 Å². The van der Waals surface area contributed by atoms with Crippen molar-refractivity contribution in [2.45, 2.75) is 55.3 Å². The van der Waals surface area contributed by atoms with E-state index in [1.807, 2.05) is 6.92 Å². The number of unbranched alkanes of at least 4 members (excludes halogenated alkanes) is 2. The number of aliphatic hydroxyl groups is 1. The van der Waals surface area contributed by atoms with Gasteiger partial charge in [-0.3, -0.25) is 4.79 Å². The van der Waals surface area contributed by atoms with Gasteiger partial charge < -0.3 is 5.11 Å². The van der Waals surface area contributed by atoms with Gasteiger partial charge >= 0.3 is 69.5 Å². The van der Waals surface area contributed by atoms with E-state index >= 15 is 0 Å². The maximum absolute atomic E-state index is 11.9. The summed E-state index contributed by atoms with van der Waals surface area (Å²) in [5, 5.41) is 13.4. The molecule has 0 aliphatic rings. The molecule has 0 bridgehead atoms. The van der Waals surface area contributed by atoms with Crippen LogP contribution in [-0.4, -0.2) is 44.0 Å². The minimum atomic E-state index is -0.596. The van der Waals surface area contributed by atoms with E-state index in [-0.39, 0.29) is 26.7 Å². The summed E-state index contributed by atoms with van der Waals surface area (Å²) in [6.07, 6.45) is 5.84. The molecule has 0 saturated heterocycles. The molecule has 2 aromatic carbocycles. The predicted octanol–water partition coefficient (Wildman–Crippen LogP) is 5.64. The molecule has 0 aliphatic carbocycles. The number of rotatable bonds is 10. The largest absolute Gasteiger partial charge is 0.491 e. The first-order chi connectivity index (χ1) is 15.0. The fraction of sp³-hybridized carbons (Fsp3) is 0.360. The zero-order valence-electron chi connectivity index (χ0n) is 18.6. The molecule has 2 aromatic rings. The van der Waals surface area contributed by atoms with Gasteiger partial charge in [-0.05, 0) is 24.6 Å². The second-order valence-corrected chi connectivity index (χ2v) is 11.3. The normalized spacial score (nSPS) is 10.5. The zero-order chi connectivity index (χ0) is 22.9. The van der Waals surface area contributed by atoms with E-state index in [1.54, 1.807) is 69.4 Å².